The molecule has 2 aromatic heterocycles. The Hall–Kier alpha value is -3.60. The average molecular weight is 624 g/mol. The zero-order chi connectivity index (χ0) is 31.6. The molecular weight excluding hydrogens is 582 g/mol. The van der Waals surface area contributed by atoms with Gasteiger partial charge in [0, 0.05) is 67.2 Å². The fourth-order valence-corrected chi connectivity index (χ4v) is 7.79. The summed E-state index contributed by atoms with van der Waals surface area (Å²) in [5.41, 5.74) is 7.07. The minimum absolute atomic E-state index is 0.0294. The Kier molecular flexibility index (Phi) is 9.35. The average Bonchev–Trinajstić information content (AvgIpc) is 3.64. The third-order valence-electron chi connectivity index (χ3n) is 8.53. The van der Waals surface area contributed by atoms with E-state index in [9.17, 15) is 14.5 Å². The molecule has 0 spiro atoms. The van der Waals surface area contributed by atoms with E-state index in [1.807, 2.05) is 67.5 Å². The van der Waals surface area contributed by atoms with Crippen LogP contribution in [0.2, 0.25) is 0 Å². The number of fused-ring (bicyclic) bond motifs is 1. The number of nitrogens with one attached hydrogen (secondary N) is 1. The monoisotopic (exact) mass is 623 g/mol. The third-order valence-corrected chi connectivity index (χ3v) is 10.4. The molecule has 0 saturated carbocycles. The number of carbonyl (C=O) groups is 1. The molecule has 4 aromatic rings. The summed E-state index contributed by atoms with van der Waals surface area (Å²) in [7, 11) is 0. The van der Waals surface area contributed by atoms with Crippen molar-refractivity contribution in [2.24, 2.45) is 0 Å². The van der Waals surface area contributed by atoms with E-state index in [1.54, 1.807) is 12.4 Å². The first-order chi connectivity index (χ1) is 21.7. The number of hydrogen-bond donors (Lipinski definition) is 2. The molecule has 1 fully saturated rings. The van der Waals surface area contributed by atoms with E-state index in [0.29, 0.717) is 24.4 Å². The van der Waals surface area contributed by atoms with Crippen molar-refractivity contribution in [1.29, 1.82) is 0 Å². The van der Waals surface area contributed by atoms with Crippen LogP contribution in [0.1, 0.15) is 66.8 Å². The van der Waals surface area contributed by atoms with Crippen LogP contribution in [0.5, 0.6) is 0 Å². The highest BCUT2D eigenvalue weighted by Crippen LogP contribution is 2.45. The highest BCUT2D eigenvalue weighted by atomic mass is 32.2. The first-order valence-corrected chi connectivity index (χ1v) is 16.7. The molecule has 45 heavy (non-hydrogen) atoms. The number of rotatable bonds is 9. The fraction of sp³-hybridized carbons (Fsp3) is 0.361. The molecule has 3 atom stereocenters. The minimum Gasteiger partial charge on any atom is -0.597 e. The molecule has 2 aliphatic heterocycles. The van der Waals surface area contributed by atoms with Gasteiger partial charge in [0.25, 0.3) is 5.91 Å². The van der Waals surface area contributed by atoms with Crippen LogP contribution in [0.25, 0.3) is 22.4 Å². The number of pyridine rings is 2. The highest BCUT2D eigenvalue weighted by Gasteiger charge is 2.45. The summed E-state index contributed by atoms with van der Waals surface area (Å²) in [6, 6.07) is 24.0. The van der Waals surface area contributed by atoms with E-state index in [2.05, 4.69) is 45.5 Å². The molecular formula is C36H41N5O3S. The van der Waals surface area contributed by atoms with Crippen molar-refractivity contribution in [2.75, 3.05) is 19.7 Å². The van der Waals surface area contributed by atoms with Crippen molar-refractivity contribution in [3.05, 3.63) is 108 Å². The first kappa shape index (κ1) is 31.4. The van der Waals surface area contributed by atoms with Gasteiger partial charge < -0.3 is 15.0 Å². The lowest BCUT2D eigenvalue weighted by Crippen LogP contribution is -2.42. The first-order valence-electron chi connectivity index (χ1n) is 15.6. The number of hydrogen-bond acceptors (Lipinski definition) is 7. The summed E-state index contributed by atoms with van der Waals surface area (Å²) in [6.07, 6.45) is 4.83. The minimum atomic E-state index is -1.33. The molecule has 0 radical (unpaired) electrons. The summed E-state index contributed by atoms with van der Waals surface area (Å²) in [4.78, 5) is 25.3. The van der Waals surface area contributed by atoms with Crippen molar-refractivity contribution >= 4 is 17.3 Å². The quantitative estimate of drug-likeness (QED) is 0.237. The molecule has 1 amide bonds. The number of carbonyl (C=O) groups excluding carboxylic acids is 1. The molecule has 4 heterocycles. The normalized spacial score (nSPS) is 19.4. The van der Waals surface area contributed by atoms with Crippen LogP contribution in [-0.4, -0.2) is 65.2 Å². The molecule has 1 unspecified atom stereocenters. The number of aliphatic hydroxyl groups excluding tert-OH is 1. The molecule has 6 rings (SSSR count). The van der Waals surface area contributed by atoms with Crippen LogP contribution >= 0.6 is 0 Å². The van der Waals surface area contributed by atoms with E-state index < -0.39 is 16.1 Å². The van der Waals surface area contributed by atoms with Crippen molar-refractivity contribution in [3.63, 3.8) is 0 Å². The summed E-state index contributed by atoms with van der Waals surface area (Å²) in [5.74, 6) is -0.204. The van der Waals surface area contributed by atoms with Crippen LogP contribution in [-0.2, 0) is 24.5 Å². The largest absolute Gasteiger partial charge is 0.597 e. The molecule has 1 saturated heterocycles. The third kappa shape index (κ3) is 6.98. The summed E-state index contributed by atoms with van der Waals surface area (Å²) < 4.78 is 15.2. The predicted molar refractivity (Wildman–Crippen MR) is 178 cm³/mol. The van der Waals surface area contributed by atoms with Crippen molar-refractivity contribution in [3.8, 4) is 22.4 Å². The summed E-state index contributed by atoms with van der Waals surface area (Å²) >= 11 is -1.33. The van der Waals surface area contributed by atoms with Crippen molar-refractivity contribution in [2.45, 2.75) is 63.5 Å². The highest BCUT2D eigenvalue weighted by molar-refractivity contribution is 7.90. The van der Waals surface area contributed by atoms with Gasteiger partial charge in [0.1, 0.15) is 10.4 Å². The summed E-state index contributed by atoms with van der Waals surface area (Å²) in [5, 5.41) is 13.4. The van der Waals surface area contributed by atoms with Gasteiger partial charge in [-0.25, -0.2) is 4.98 Å². The number of likely N-dealkylation sites (tertiary alicyclic amines) is 1. The SMILES string of the molecule is CC(C)(C)[S+]([O-])N1Cc2cc(C(=O)N[C@H]3CCN(Cc4ccccc4)C3)nc(-c3cccc(-c4ccncc4)c3)c2[C@@H]1CCO. The number of nitrogens with zero attached hydrogens (tertiary/aromatic N) is 4. The molecule has 2 aliphatic rings. The van der Waals surface area contributed by atoms with Crippen molar-refractivity contribution < 1.29 is 14.5 Å². The number of amides is 1. The number of aromatic nitrogens is 2. The van der Waals surface area contributed by atoms with Crippen LogP contribution in [0.3, 0.4) is 0 Å². The predicted octanol–water partition coefficient (Wildman–Crippen LogP) is 5.52. The lowest BCUT2D eigenvalue weighted by Gasteiger charge is -2.33. The van der Waals surface area contributed by atoms with E-state index in [1.165, 1.54) is 5.56 Å². The number of aliphatic hydroxyl groups is 1. The second kappa shape index (κ2) is 13.4. The van der Waals surface area contributed by atoms with Gasteiger partial charge in [-0.1, -0.05) is 48.5 Å². The Labute approximate surface area is 268 Å². The lowest BCUT2D eigenvalue weighted by molar-refractivity contribution is 0.0932. The van der Waals surface area contributed by atoms with E-state index in [-0.39, 0.29) is 24.6 Å². The Morgan fingerprint density at radius 2 is 1.78 bits per heavy atom. The van der Waals surface area contributed by atoms with Gasteiger partial charge in [0.05, 0.1) is 18.3 Å². The molecule has 8 nitrogen and oxygen atoms in total. The molecule has 9 heteroatoms. The lowest BCUT2D eigenvalue weighted by atomic mass is 9.94. The molecule has 0 aliphatic carbocycles. The topological polar surface area (TPSA) is 105 Å². The van der Waals surface area contributed by atoms with Gasteiger partial charge in [-0.15, -0.1) is 4.31 Å². The van der Waals surface area contributed by atoms with Crippen LogP contribution in [0.4, 0.5) is 0 Å². The number of benzene rings is 2. The zero-order valence-electron chi connectivity index (χ0n) is 26.1. The van der Waals surface area contributed by atoms with Gasteiger partial charge in [-0.05, 0) is 80.1 Å². The van der Waals surface area contributed by atoms with Gasteiger partial charge in [-0.3, -0.25) is 14.7 Å². The van der Waals surface area contributed by atoms with Crippen molar-refractivity contribution in [1.82, 2.24) is 24.5 Å². The van der Waals surface area contributed by atoms with Gasteiger partial charge >= 0.3 is 0 Å². The van der Waals surface area contributed by atoms with E-state index in [0.717, 1.165) is 53.9 Å². The van der Waals surface area contributed by atoms with Gasteiger partial charge in [-0.2, -0.15) is 0 Å². The van der Waals surface area contributed by atoms with E-state index >= 15 is 0 Å². The van der Waals surface area contributed by atoms with Crippen LogP contribution in [0.15, 0.2) is 85.2 Å². The second-order valence-corrected chi connectivity index (χ2v) is 15.1. The van der Waals surface area contributed by atoms with Crippen LogP contribution in [0, 0.1) is 0 Å². The molecule has 234 valence electrons. The Bertz CT molecular complexity index is 1630. The second-order valence-electron chi connectivity index (χ2n) is 12.9. The Morgan fingerprint density at radius 1 is 1.02 bits per heavy atom. The zero-order valence-corrected chi connectivity index (χ0v) is 27.0. The maximum Gasteiger partial charge on any atom is 0.270 e. The Morgan fingerprint density at radius 3 is 2.51 bits per heavy atom. The maximum absolute atomic E-state index is 13.8. The molecule has 2 aromatic carbocycles. The van der Waals surface area contributed by atoms with Gasteiger partial charge in [0.2, 0.25) is 0 Å². The fourth-order valence-electron chi connectivity index (χ4n) is 6.39. The molecule has 0 bridgehead atoms. The standard InChI is InChI=1S/C36H41N5O3S/c1-36(2,3)45(44)41-23-29-21-31(35(43)38-30-14-18-40(24-30)22-25-8-5-4-6-9-25)39-34(33(29)32(41)15-19-42)28-11-7-10-27(20-28)26-12-16-37-17-13-26/h4-13,16-17,20-21,30,32,42H,14-15,18-19,22-24H2,1-3H3,(H,38,43)/t30-,32-,45?/m0/s1. The smallest absolute Gasteiger partial charge is 0.270 e. The van der Waals surface area contributed by atoms with Crippen LogP contribution < -0.4 is 5.32 Å². The Balaban J connectivity index is 1.34. The van der Waals surface area contributed by atoms with E-state index in [4.69, 9.17) is 4.98 Å². The molecule has 2 N–H and O–H groups in total. The van der Waals surface area contributed by atoms with Gasteiger partial charge in [0.15, 0.2) is 0 Å². The summed E-state index contributed by atoms with van der Waals surface area (Å²) in [6.45, 7) is 8.79. The maximum atomic E-state index is 13.8.